The zero-order chi connectivity index (χ0) is 22.9. The highest BCUT2D eigenvalue weighted by molar-refractivity contribution is 5.96. The predicted molar refractivity (Wildman–Crippen MR) is 124 cm³/mol. The fourth-order valence-corrected chi connectivity index (χ4v) is 2.87. The zero-order valence-electron chi connectivity index (χ0n) is 18.2. The third-order valence-corrected chi connectivity index (χ3v) is 4.55. The number of nitrogens with zero attached hydrogens (tertiary/aromatic N) is 1. The number of benzene rings is 3. The molecule has 3 rings (SSSR count). The maximum Gasteiger partial charge on any atom is 0.271 e. The van der Waals surface area contributed by atoms with Crippen LogP contribution in [0.15, 0.2) is 71.8 Å². The molecule has 0 fully saturated rings. The molecule has 0 aliphatic rings. The Morgan fingerprint density at radius 2 is 1.69 bits per heavy atom. The summed E-state index contributed by atoms with van der Waals surface area (Å²) < 4.78 is 11.3. The lowest BCUT2D eigenvalue weighted by Gasteiger charge is -2.11. The largest absolute Gasteiger partial charge is 0.493 e. The number of aryl methyl sites for hydroxylation is 1. The summed E-state index contributed by atoms with van der Waals surface area (Å²) in [5.41, 5.74) is 6.53. The van der Waals surface area contributed by atoms with Gasteiger partial charge in [-0.3, -0.25) is 9.59 Å². The van der Waals surface area contributed by atoms with E-state index in [9.17, 15) is 9.59 Å². The van der Waals surface area contributed by atoms with Crippen molar-refractivity contribution in [2.45, 2.75) is 20.5 Å². The van der Waals surface area contributed by atoms with Crippen LogP contribution in [-0.4, -0.2) is 25.1 Å². The van der Waals surface area contributed by atoms with Crippen molar-refractivity contribution in [2.75, 3.05) is 12.4 Å². The Hall–Kier alpha value is -4.13. The van der Waals surface area contributed by atoms with Crippen LogP contribution in [0.5, 0.6) is 11.5 Å². The van der Waals surface area contributed by atoms with Gasteiger partial charge in [-0.2, -0.15) is 5.10 Å². The number of hydrazone groups is 1. The molecule has 0 heterocycles. The fraction of sp³-hybridized carbons (Fsp3) is 0.160. The number of carbonyl (C=O) groups excluding carboxylic acids is 2. The van der Waals surface area contributed by atoms with Gasteiger partial charge in [-0.15, -0.1) is 0 Å². The van der Waals surface area contributed by atoms with Gasteiger partial charge in [-0.1, -0.05) is 29.8 Å². The molecule has 0 aliphatic carbocycles. The molecule has 0 atom stereocenters. The van der Waals surface area contributed by atoms with Gasteiger partial charge in [0.05, 0.1) is 13.3 Å². The van der Waals surface area contributed by atoms with Crippen molar-refractivity contribution < 1.29 is 19.1 Å². The molecule has 32 heavy (non-hydrogen) atoms. The van der Waals surface area contributed by atoms with Crippen molar-refractivity contribution >= 4 is 23.7 Å². The second-order valence-corrected chi connectivity index (χ2v) is 7.14. The van der Waals surface area contributed by atoms with E-state index in [0.717, 1.165) is 11.1 Å². The lowest BCUT2D eigenvalue weighted by Crippen LogP contribution is -2.17. The summed E-state index contributed by atoms with van der Waals surface area (Å²) >= 11 is 0. The molecule has 0 aliphatic heterocycles. The van der Waals surface area contributed by atoms with Crippen LogP contribution in [0.3, 0.4) is 0 Å². The van der Waals surface area contributed by atoms with Crippen LogP contribution in [0, 0.1) is 6.92 Å². The summed E-state index contributed by atoms with van der Waals surface area (Å²) in [5, 5.41) is 6.65. The maximum atomic E-state index is 12.2. The summed E-state index contributed by atoms with van der Waals surface area (Å²) in [4.78, 5) is 23.3. The number of ether oxygens (including phenoxy) is 2. The number of hydrogen-bond donors (Lipinski definition) is 2. The minimum absolute atomic E-state index is 0.172. The lowest BCUT2D eigenvalue weighted by molar-refractivity contribution is -0.114. The molecule has 0 saturated heterocycles. The van der Waals surface area contributed by atoms with Crippen molar-refractivity contribution in [1.29, 1.82) is 0 Å². The van der Waals surface area contributed by atoms with E-state index in [1.165, 1.54) is 18.7 Å². The topological polar surface area (TPSA) is 89.0 Å². The SMILES string of the molecule is COc1cc(C=NNC(=O)c2ccc(NC(C)=O)cc2)ccc1OCc1ccc(C)cc1. The Kier molecular flexibility index (Phi) is 7.59. The first-order valence-corrected chi connectivity index (χ1v) is 10.0. The Labute approximate surface area is 187 Å². The summed E-state index contributed by atoms with van der Waals surface area (Å²) in [6.45, 7) is 3.90. The van der Waals surface area contributed by atoms with Gasteiger partial charge in [0.25, 0.3) is 5.91 Å². The normalized spacial score (nSPS) is 10.6. The number of carbonyl (C=O) groups is 2. The van der Waals surface area contributed by atoms with E-state index in [1.807, 2.05) is 37.3 Å². The number of methoxy groups -OCH3 is 1. The Bertz CT molecular complexity index is 1110. The standard InChI is InChI=1S/C25H25N3O4/c1-17-4-6-19(7-5-17)16-32-23-13-8-20(14-24(23)31-3)15-26-28-25(30)21-9-11-22(12-10-21)27-18(2)29/h4-15H,16H2,1-3H3,(H,27,29)(H,28,30). The average molecular weight is 431 g/mol. The molecule has 0 aromatic heterocycles. The van der Waals surface area contributed by atoms with Gasteiger partial charge in [-0.25, -0.2) is 5.43 Å². The van der Waals surface area contributed by atoms with Crippen molar-refractivity contribution in [3.8, 4) is 11.5 Å². The fourth-order valence-electron chi connectivity index (χ4n) is 2.87. The average Bonchev–Trinajstić information content (AvgIpc) is 2.79. The molecule has 0 radical (unpaired) electrons. The van der Waals surface area contributed by atoms with E-state index < -0.39 is 0 Å². The van der Waals surface area contributed by atoms with E-state index in [-0.39, 0.29) is 11.8 Å². The smallest absolute Gasteiger partial charge is 0.271 e. The zero-order valence-corrected chi connectivity index (χ0v) is 18.2. The Morgan fingerprint density at radius 3 is 2.34 bits per heavy atom. The molecule has 2 amide bonds. The lowest BCUT2D eigenvalue weighted by atomic mass is 10.2. The van der Waals surface area contributed by atoms with Crippen LogP contribution in [0.4, 0.5) is 5.69 Å². The second-order valence-electron chi connectivity index (χ2n) is 7.14. The van der Waals surface area contributed by atoms with Crippen molar-refractivity contribution in [3.63, 3.8) is 0 Å². The minimum Gasteiger partial charge on any atom is -0.493 e. The number of hydrogen-bond acceptors (Lipinski definition) is 5. The van der Waals surface area contributed by atoms with Crippen LogP contribution >= 0.6 is 0 Å². The van der Waals surface area contributed by atoms with Gasteiger partial charge in [-0.05, 0) is 60.5 Å². The van der Waals surface area contributed by atoms with Crippen LogP contribution in [0.1, 0.15) is 34.0 Å². The Morgan fingerprint density at radius 1 is 0.969 bits per heavy atom. The number of anilines is 1. The third-order valence-electron chi connectivity index (χ3n) is 4.55. The summed E-state index contributed by atoms with van der Waals surface area (Å²) in [7, 11) is 1.57. The first-order chi connectivity index (χ1) is 15.4. The first kappa shape index (κ1) is 22.6. The summed E-state index contributed by atoms with van der Waals surface area (Å²) in [6, 6.07) is 20.1. The molecule has 7 heteroatoms. The quantitative estimate of drug-likeness (QED) is 0.411. The van der Waals surface area contributed by atoms with Gasteiger partial charge in [0, 0.05) is 18.2 Å². The summed E-state index contributed by atoms with van der Waals surface area (Å²) in [5.74, 6) is 0.656. The van der Waals surface area contributed by atoms with Crippen LogP contribution in [0.25, 0.3) is 0 Å². The van der Waals surface area contributed by atoms with E-state index in [2.05, 4.69) is 15.8 Å². The predicted octanol–water partition coefficient (Wildman–Crippen LogP) is 4.30. The van der Waals surface area contributed by atoms with Crippen molar-refractivity contribution in [3.05, 3.63) is 89.0 Å². The number of rotatable bonds is 8. The number of amides is 2. The molecule has 164 valence electrons. The molecule has 0 bridgehead atoms. The van der Waals surface area contributed by atoms with E-state index in [1.54, 1.807) is 43.5 Å². The van der Waals surface area contributed by atoms with Gasteiger partial charge in [0.1, 0.15) is 6.61 Å². The molecule has 0 unspecified atom stereocenters. The van der Waals surface area contributed by atoms with Crippen molar-refractivity contribution in [1.82, 2.24) is 5.43 Å². The van der Waals surface area contributed by atoms with Crippen LogP contribution in [0.2, 0.25) is 0 Å². The Balaban J connectivity index is 1.58. The summed E-state index contributed by atoms with van der Waals surface area (Å²) in [6.07, 6.45) is 1.52. The van der Waals surface area contributed by atoms with Crippen LogP contribution < -0.4 is 20.2 Å². The maximum absolute atomic E-state index is 12.2. The van der Waals surface area contributed by atoms with E-state index >= 15 is 0 Å². The first-order valence-electron chi connectivity index (χ1n) is 10.0. The molecule has 3 aromatic carbocycles. The van der Waals surface area contributed by atoms with Gasteiger partial charge >= 0.3 is 0 Å². The highest BCUT2D eigenvalue weighted by Gasteiger charge is 2.07. The molecule has 0 saturated carbocycles. The second kappa shape index (κ2) is 10.8. The molecule has 7 nitrogen and oxygen atoms in total. The van der Waals surface area contributed by atoms with E-state index in [4.69, 9.17) is 9.47 Å². The highest BCUT2D eigenvalue weighted by Crippen LogP contribution is 2.28. The molecule has 3 aromatic rings. The minimum atomic E-state index is -0.361. The molecular formula is C25H25N3O4. The highest BCUT2D eigenvalue weighted by atomic mass is 16.5. The monoisotopic (exact) mass is 431 g/mol. The molecule has 0 spiro atoms. The third kappa shape index (κ3) is 6.43. The van der Waals surface area contributed by atoms with Gasteiger partial charge < -0.3 is 14.8 Å². The van der Waals surface area contributed by atoms with Gasteiger partial charge in [0.15, 0.2) is 11.5 Å². The van der Waals surface area contributed by atoms with Crippen molar-refractivity contribution in [2.24, 2.45) is 5.10 Å². The van der Waals surface area contributed by atoms with E-state index in [0.29, 0.717) is 29.4 Å². The van der Waals surface area contributed by atoms with Gasteiger partial charge in [0.2, 0.25) is 5.91 Å². The molecule has 2 N–H and O–H groups in total. The van der Waals surface area contributed by atoms with Crippen LogP contribution in [-0.2, 0) is 11.4 Å². The number of nitrogens with one attached hydrogen (secondary N) is 2. The molecular weight excluding hydrogens is 406 g/mol.